The lowest BCUT2D eigenvalue weighted by Crippen LogP contribution is -2.27. The van der Waals surface area contributed by atoms with E-state index in [0.29, 0.717) is 12.3 Å². The number of nitrogens with one attached hydrogen (secondary N) is 1. The van der Waals surface area contributed by atoms with Crippen LogP contribution in [-0.2, 0) is 17.0 Å². The van der Waals surface area contributed by atoms with Crippen LogP contribution < -0.4 is 5.32 Å². The monoisotopic (exact) mass is 382 g/mol. The Bertz CT molecular complexity index is 829. The van der Waals surface area contributed by atoms with Crippen molar-refractivity contribution in [1.82, 2.24) is 10.3 Å². The van der Waals surface area contributed by atoms with E-state index in [0.717, 1.165) is 28.4 Å². The Morgan fingerprint density at radius 3 is 2.65 bits per heavy atom. The van der Waals surface area contributed by atoms with Gasteiger partial charge in [0.1, 0.15) is 5.01 Å². The van der Waals surface area contributed by atoms with E-state index in [1.807, 2.05) is 18.2 Å². The van der Waals surface area contributed by atoms with Gasteiger partial charge in [-0.25, -0.2) is 4.98 Å². The number of rotatable bonds is 8. The summed E-state index contributed by atoms with van der Waals surface area (Å²) in [6.45, 7) is 2.76. The molecular weight excluding hydrogens is 360 g/mol. The number of hydrogen-bond acceptors (Lipinski definition) is 4. The summed E-state index contributed by atoms with van der Waals surface area (Å²) in [4.78, 5) is 16.6. The fourth-order valence-corrected chi connectivity index (χ4v) is 4.17. The Morgan fingerprint density at radius 1 is 1.12 bits per heavy atom. The summed E-state index contributed by atoms with van der Waals surface area (Å²) in [5.74, 6) is 1.31. The van der Waals surface area contributed by atoms with Crippen LogP contribution in [0.4, 0.5) is 0 Å². The van der Waals surface area contributed by atoms with Crippen molar-refractivity contribution in [3.63, 3.8) is 0 Å². The van der Waals surface area contributed by atoms with Gasteiger partial charge in [0.05, 0.1) is 11.4 Å². The number of thiazole rings is 1. The molecule has 0 radical (unpaired) electrons. The molecule has 0 bridgehead atoms. The van der Waals surface area contributed by atoms with Crippen molar-refractivity contribution in [1.29, 1.82) is 0 Å². The van der Waals surface area contributed by atoms with E-state index in [-0.39, 0.29) is 5.91 Å². The second-order valence-electron chi connectivity index (χ2n) is 6.09. The minimum Gasteiger partial charge on any atom is -0.355 e. The van der Waals surface area contributed by atoms with Gasteiger partial charge in [-0.15, -0.1) is 23.1 Å². The van der Waals surface area contributed by atoms with Crippen LogP contribution in [0.5, 0.6) is 0 Å². The van der Waals surface area contributed by atoms with Gasteiger partial charge >= 0.3 is 0 Å². The first kappa shape index (κ1) is 18.7. The summed E-state index contributed by atoms with van der Waals surface area (Å²) in [6, 6.07) is 18.6. The first-order chi connectivity index (χ1) is 12.7. The highest BCUT2D eigenvalue weighted by Gasteiger charge is 2.06. The Morgan fingerprint density at radius 2 is 1.88 bits per heavy atom. The van der Waals surface area contributed by atoms with Crippen molar-refractivity contribution in [3.8, 4) is 10.6 Å². The van der Waals surface area contributed by atoms with Crippen molar-refractivity contribution in [3.05, 3.63) is 76.8 Å². The SMILES string of the molecule is Cc1ccc(-c2nc(CSCC(=O)NCCc3ccccc3)cs2)cc1. The van der Waals surface area contributed by atoms with Gasteiger partial charge in [-0.2, -0.15) is 0 Å². The van der Waals surface area contributed by atoms with Crippen LogP contribution in [0, 0.1) is 6.92 Å². The highest BCUT2D eigenvalue weighted by atomic mass is 32.2. The topological polar surface area (TPSA) is 42.0 Å². The number of nitrogens with zero attached hydrogens (tertiary/aromatic N) is 1. The van der Waals surface area contributed by atoms with E-state index >= 15 is 0 Å². The summed E-state index contributed by atoms with van der Waals surface area (Å²) in [5.41, 5.74) is 4.68. The second kappa shape index (κ2) is 9.55. The van der Waals surface area contributed by atoms with E-state index in [1.165, 1.54) is 11.1 Å². The number of amides is 1. The number of aryl methyl sites for hydroxylation is 1. The molecule has 0 fully saturated rings. The van der Waals surface area contributed by atoms with Crippen LogP contribution in [0.1, 0.15) is 16.8 Å². The van der Waals surface area contributed by atoms with Gasteiger partial charge in [0, 0.05) is 23.2 Å². The zero-order valence-corrected chi connectivity index (χ0v) is 16.4. The van der Waals surface area contributed by atoms with Crippen LogP contribution in [0.2, 0.25) is 0 Å². The van der Waals surface area contributed by atoms with E-state index < -0.39 is 0 Å². The Labute approximate surface area is 162 Å². The molecule has 0 unspecified atom stereocenters. The maximum absolute atomic E-state index is 11.9. The van der Waals surface area contributed by atoms with Gasteiger partial charge in [-0.05, 0) is 18.9 Å². The molecule has 134 valence electrons. The van der Waals surface area contributed by atoms with Crippen molar-refractivity contribution >= 4 is 29.0 Å². The van der Waals surface area contributed by atoms with Crippen molar-refractivity contribution < 1.29 is 4.79 Å². The Balaban J connectivity index is 1.38. The molecule has 3 nitrogen and oxygen atoms in total. The minimum atomic E-state index is 0.0833. The lowest BCUT2D eigenvalue weighted by molar-refractivity contribution is -0.118. The van der Waals surface area contributed by atoms with Crippen molar-refractivity contribution in [2.24, 2.45) is 0 Å². The highest BCUT2D eigenvalue weighted by Crippen LogP contribution is 2.25. The first-order valence-corrected chi connectivity index (χ1v) is 10.6. The lowest BCUT2D eigenvalue weighted by Gasteiger charge is -2.05. The molecule has 1 N–H and O–H groups in total. The van der Waals surface area contributed by atoms with Gasteiger partial charge in [0.15, 0.2) is 0 Å². The third-order valence-electron chi connectivity index (χ3n) is 3.91. The van der Waals surface area contributed by atoms with E-state index in [1.54, 1.807) is 23.1 Å². The zero-order chi connectivity index (χ0) is 18.2. The summed E-state index contributed by atoms with van der Waals surface area (Å²) < 4.78 is 0. The number of hydrogen-bond donors (Lipinski definition) is 1. The minimum absolute atomic E-state index is 0.0833. The third-order valence-corrected chi connectivity index (χ3v) is 5.82. The smallest absolute Gasteiger partial charge is 0.230 e. The maximum Gasteiger partial charge on any atom is 0.230 e. The number of benzene rings is 2. The molecular formula is C21H22N2OS2. The molecule has 5 heteroatoms. The quantitative estimate of drug-likeness (QED) is 0.613. The molecule has 1 aromatic heterocycles. The fraction of sp³-hybridized carbons (Fsp3) is 0.238. The van der Waals surface area contributed by atoms with Gasteiger partial charge in [0.25, 0.3) is 0 Å². The highest BCUT2D eigenvalue weighted by molar-refractivity contribution is 7.99. The Hall–Kier alpha value is -2.11. The molecule has 3 rings (SSSR count). The van der Waals surface area contributed by atoms with E-state index in [9.17, 15) is 4.79 Å². The maximum atomic E-state index is 11.9. The van der Waals surface area contributed by atoms with Crippen LogP contribution in [-0.4, -0.2) is 23.2 Å². The standard InChI is InChI=1S/C21H22N2OS2/c1-16-7-9-18(10-8-16)21-23-19(14-26-21)13-25-15-20(24)22-12-11-17-5-3-2-4-6-17/h2-10,14H,11-13,15H2,1H3,(H,22,24). The van der Waals surface area contributed by atoms with Crippen LogP contribution >= 0.6 is 23.1 Å². The number of carbonyl (C=O) groups is 1. The Kier molecular flexibility index (Phi) is 6.86. The molecule has 0 atom stereocenters. The summed E-state index contributed by atoms with van der Waals surface area (Å²) in [7, 11) is 0. The summed E-state index contributed by atoms with van der Waals surface area (Å²) >= 11 is 3.26. The summed E-state index contributed by atoms with van der Waals surface area (Å²) in [6.07, 6.45) is 0.864. The van der Waals surface area contributed by atoms with Gasteiger partial charge in [-0.1, -0.05) is 60.2 Å². The molecule has 0 aliphatic rings. The zero-order valence-electron chi connectivity index (χ0n) is 14.8. The lowest BCUT2D eigenvalue weighted by atomic mass is 10.1. The average molecular weight is 383 g/mol. The molecule has 0 aliphatic heterocycles. The normalized spacial score (nSPS) is 10.7. The fourth-order valence-electron chi connectivity index (χ4n) is 2.49. The molecule has 1 amide bonds. The molecule has 26 heavy (non-hydrogen) atoms. The summed E-state index contributed by atoms with van der Waals surface area (Å²) in [5, 5.41) is 6.09. The van der Waals surface area contributed by atoms with Gasteiger partial charge in [0.2, 0.25) is 5.91 Å². The van der Waals surface area contributed by atoms with Gasteiger partial charge in [-0.3, -0.25) is 4.79 Å². The largest absolute Gasteiger partial charge is 0.355 e. The molecule has 1 heterocycles. The molecule has 3 aromatic rings. The number of carbonyl (C=O) groups excluding carboxylic acids is 1. The van der Waals surface area contributed by atoms with Crippen LogP contribution in [0.3, 0.4) is 0 Å². The van der Waals surface area contributed by atoms with E-state index in [4.69, 9.17) is 0 Å². The molecule has 0 saturated carbocycles. The van der Waals surface area contributed by atoms with Crippen LogP contribution in [0.15, 0.2) is 60.0 Å². The predicted octanol–water partition coefficient (Wildman–Crippen LogP) is 4.71. The average Bonchev–Trinajstić information content (AvgIpc) is 3.12. The number of aromatic nitrogens is 1. The van der Waals surface area contributed by atoms with Crippen molar-refractivity contribution in [2.45, 2.75) is 19.1 Å². The molecule has 0 aliphatic carbocycles. The molecule has 2 aromatic carbocycles. The molecule has 0 saturated heterocycles. The first-order valence-electron chi connectivity index (χ1n) is 8.60. The third kappa shape index (κ3) is 5.71. The van der Waals surface area contributed by atoms with Crippen LogP contribution in [0.25, 0.3) is 10.6 Å². The molecule has 0 spiro atoms. The van der Waals surface area contributed by atoms with E-state index in [2.05, 4.69) is 59.0 Å². The van der Waals surface area contributed by atoms with Crippen molar-refractivity contribution in [2.75, 3.05) is 12.3 Å². The number of thioether (sulfide) groups is 1. The predicted molar refractivity (Wildman–Crippen MR) is 112 cm³/mol. The van der Waals surface area contributed by atoms with Gasteiger partial charge < -0.3 is 5.32 Å². The second-order valence-corrected chi connectivity index (χ2v) is 7.93.